The van der Waals surface area contributed by atoms with Crippen LogP contribution in [0.5, 0.6) is 17.4 Å². The summed E-state index contributed by atoms with van der Waals surface area (Å²) in [5.74, 6) is -0.835. The number of carbonyl (C=O) groups is 1. The van der Waals surface area contributed by atoms with Gasteiger partial charge in [0.25, 0.3) is 15.9 Å². The summed E-state index contributed by atoms with van der Waals surface area (Å²) in [4.78, 5) is 16.1. The molecular weight excluding hydrogens is 491 g/mol. The zero-order valence-electron chi connectivity index (χ0n) is 18.4. The molecule has 0 aliphatic heterocycles. The first kappa shape index (κ1) is 25.6. The second kappa shape index (κ2) is 10.5. The van der Waals surface area contributed by atoms with Crippen LogP contribution in [0.1, 0.15) is 17.3 Å². The number of sulfonamides is 1. The Balaban J connectivity index is 1.83. The fourth-order valence-corrected chi connectivity index (χ4v) is 4.06. The quantitative estimate of drug-likeness (QED) is 0.436. The molecule has 0 saturated carbocycles. The molecule has 3 rings (SSSR count). The molecule has 0 spiro atoms. The van der Waals surface area contributed by atoms with Crippen LogP contribution in [0.15, 0.2) is 65.7 Å². The first-order valence-electron chi connectivity index (χ1n) is 9.97. The van der Waals surface area contributed by atoms with E-state index >= 15 is 0 Å². The lowest BCUT2D eigenvalue weighted by Crippen LogP contribution is -2.18. The minimum absolute atomic E-state index is 0.0756. The number of rotatable bonds is 9. The second-order valence-electron chi connectivity index (χ2n) is 6.82. The molecule has 1 amide bonds. The third kappa shape index (κ3) is 6.99. The van der Waals surface area contributed by atoms with Gasteiger partial charge in [-0.3, -0.25) is 9.52 Å². The highest BCUT2D eigenvalue weighted by atomic mass is 32.2. The van der Waals surface area contributed by atoms with Crippen LogP contribution in [0.2, 0.25) is 0 Å². The number of nitrogens with one attached hydrogen (secondary N) is 2. The van der Waals surface area contributed by atoms with Gasteiger partial charge in [-0.15, -0.1) is 13.2 Å². The Morgan fingerprint density at radius 1 is 1.06 bits per heavy atom. The molecule has 1 heterocycles. The summed E-state index contributed by atoms with van der Waals surface area (Å²) in [5, 5.41) is 2.61. The average Bonchev–Trinajstić information content (AvgIpc) is 2.78. The highest BCUT2D eigenvalue weighted by Crippen LogP contribution is 2.31. The van der Waals surface area contributed by atoms with Gasteiger partial charge in [0.2, 0.25) is 5.88 Å². The van der Waals surface area contributed by atoms with Gasteiger partial charge in [-0.1, -0.05) is 6.07 Å². The van der Waals surface area contributed by atoms with E-state index in [2.05, 4.69) is 19.8 Å². The van der Waals surface area contributed by atoms with Crippen molar-refractivity contribution in [3.8, 4) is 17.4 Å². The molecule has 9 nitrogen and oxygen atoms in total. The predicted molar refractivity (Wildman–Crippen MR) is 120 cm³/mol. The number of carbonyl (C=O) groups excluding carboxylic acids is 1. The summed E-state index contributed by atoms with van der Waals surface area (Å²) in [7, 11) is -2.84. The van der Waals surface area contributed by atoms with Crippen molar-refractivity contribution in [2.75, 3.05) is 23.8 Å². The van der Waals surface area contributed by atoms with Gasteiger partial charge in [0.1, 0.15) is 16.4 Å². The van der Waals surface area contributed by atoms with Crippen LogP contribution in [0, 0.1) is 0 Å². The molecule has 0 bridgehead atoms. The van der Waals surface area contributed by atoms with Crippen LogP contribution < -0.4 is 24.2 Å². The van der Waals surface area contributed by atoms with Crippen molar-refractivity contribution in [2.45, 2.75) is 18.2 Å². The normalized spacial score (nSPS) is 11.5. The average molecular weight is 511 g/mol. The van der Waals surface area contributed by atoms with E-state index in [0.29, 0.717) is 5.88 Å². The lowest BCUT2D eigenvalue weighted by molar-refractivity contribution is -0.274. The van der Waals surface area contributed by atoms with Gasteiger partial charge >= 0.3 is 6.36 Å². The van der Waals surface area contributed by atoms with Crippen molar-refractivity contribution in [1.82, 2.24) is 4.98 Å². The van der Waals surface area contributed by atoms with Gasteiger partial charge in [-0.05, 0) is 37.3 Å². The number of aromatic nitrogens is 1. The van der Waals surface area contributed by atoms with Crippen molar-refractivity contribution in [3.05, 3.63) is 66.4 Å². The molecule has 0 saturated heterocycles. The van der Waals surface area contributed by atoms with Crippen LogP contribution in [0.25, 0.3) is 0 Å². The molecule has 2 aromatic carbocycles. The largest absolute Gasteiger partial charge is 0.573 e. The van der Waals surface area contributed by atoms with Gasteiger partial charge in [0, 0.05) is 30.1 Å². The second-order valence-corrected chi connectivity index (χ2v) is 8.47. The highest BCUT2D eigenvalue weighted by Gasteiger charge is 2.31. The van der Waals surface area contributed by atoms with E-state index in [1.807, 2.05) is 0 Å². The first-order chi connectivity index (χ1) is 16.5. The number of amides is 1. The molecular formula is C22H20F3N3O6S. The molecule has 0 aliphatic carbocycles. The molecule has 3 aromatic rings. The van der Waals surface area contributed by atoms with Gasteiger partial charge in [-0.2, -0.15) is 0 Å². The van der Waals surface area contributed by atoms with Crippen LogP contribution in [0.3, 0.4) is 0 Å². The van der Waals surface area contributed by atoms with E-state index in [-0.39, 0.29) is 34.2 Å². The van der Waals surface area contributed by atoms with Crippen molar-refractivity contribution in [2.24, 2.45) is 0 Å². The Kier molecular flexibility index (Phi) is 7.69. The van der Waals surface area contributed by atoms with E-state index in [0.717, 1.165) is 12.1 Å². The summed E-state index contributed by atoms with van der Waals surface area (Å²) in [6, 6.07) is 11.3. The Hall–Kier alpha value is -4.00. The van der Waals surface area contributed by atoms with Crippen LogP contribution in [-0.4, -0.2) is 39.4 Å². The summed E-state index contributed by atoms with van der Waals surface area (Å²) in [5.41, 5.74) is 0.329. The van der Waals surface area contributed by atoms with Gasteiger partial charge in [0.05, 0.1) is 25.0 Å². The SMILES string of the molecule is CCOc1cc(NC(=O)c2ccc(OC)nc2)ccc1S(=O)(=O)Nc1cccc(OC(F)(F)F)c1. The van der Waals surface area contributed by atoms with Gasteiger partial charge < -0.3 is 19.5 Å². The topological polar surface area (TPSA) is 116 Å². The molecule has 0 atom stereocenters. The molecule has 186 valence electrons. The molecule has 35 heavy (non-hydrogen) atoms. The Morgan fingerprint density at radius 2 is 1.83 bits per heavy atom. The van der Waals surface area contributed by atoms with Crippen LogP contribution in [-0.2, 0) is 10.0 Å². The number of nitrogens with zero attached hydrogens (tertiary/aromatic N) is 1. The smallest absolute Gasteiger partial charge is 0.492 e. The number of halogens is 3. The summed E-state index contributed by atoms with van der Waals surface area (Å²) < 4.78 is 79.7. The van der Waals surface area contributed by atoms with E-state index in [1.54, 1.807) is 6.92 Å². The standard InChI is InChI=1S/C22H20F3N3O6S/c1-3-33-18-12-15(27-21(29)14-7-10-20(32-2)26-13-14)8-9-19(18)35(30,31)28-16-5-4-6-17(11-16)34-22(23,24)25/h4-13,28H,3H2,1-2H3,(H,27,29). The number of benzene rings is 2. The van der Waals surface area contributed by atoms with Crippen LogP contribution >= 0.6 is 0 Å². The summed E-state index contributed by atoms with van der Waals surface area (Å²) in [6.07, 6.45) is -3.61. The lowest BCUT2D eigenvalue weighted by atomic mass is 10.2. The Morgan fingerprint density at radius 3 is 2.46 bits per heavy atom. The highest BCUT2D eigenvalue weighted by molar-refractivity contribution is 7.92. The van der Waals surface area contributed by atoms with E-state index in [9.17, 15) is 26.4 Å². The lowest BCUT2D eigenvalue weighted by Gasteiger charge is -2.15. The van der Waals surface area contributed by atoms with Crippen molar-refractivity contribution in [3.63, 3.8) is 0 Å². The zero-order chi connectivity index (χ0) is 25.6. The third-order valence-electron chi connectivity index (χ3n) is 4.32. The maximum Gasteiger partial charge on any atom is 0.573 e. The Labute approximate surface area is 198 Å². The molecule has 0 aliphatic rings. The van der Waals surface area contributed by atoms with E-state index in [1.165, 1.54) is 55.8 Å². The number of ether oxygens (including phenoxy) is 3. The number of hydrogen-bond donors (Lipinski definition) is 2. The molecule has 13 heteroatoms. The molecule has 0 fully saturated rings. The summed E-state index contributed by atoms with van der Waals surface area (Å²) in [6.45, 7) is 1.74. The van der Waals surface area contributed by atoms with E-state index < -0.39 is 28.0 Å². The predicted octanol–water partition coefficient (Wildman–Crippen LogP) is 4.44. The van der Waals surface area contributed by atoms with Crippen molar-refractivity contribution in [1.29, 1.82) is 0 Å². The molecule has 0 unspecified atom stereocenters. The van der Waals surface area contributed by atoms with Crippen molar-refractivity contribution >= 4 is 27.3 Å². The maximum atomic E-state index is 12.9. The summed E-state index contributed by atoms with van der Waals surface area (Å²) >= 11 is 0. The number of methoxy groups -OCH3 is 1. The Bertz CT molecular complexity index is 1300. The van der Waals surface area contributed by atoms with Crippen LogP contribution in [0.4, 0.5) is 24.5 Å². The van der Waals surface area contributed by atoms with Crippen molar-refractivity contribution < 1.29 is 40.6 Å². The maximum absolute atomic E-state index is 12.9. The molecule has 0 radical (unpaired) electrons. The van der Waals surface area contributed by atoms with Gasteiger partial charge in [-0.25, -0.2) is 13.4 Å². The molecule has 1 aromatic heterocycles. The number of hydrogen-bond acceptors (Lipinski definition) is 7. The number of anilines is 2. The third-order valence-corrected chi connectivity index (χ3v) is 5.74. The minimum Gasteiger partial charge on any atom is -0.492 e. The minimum atomic E-state index is -4.93. The van der Waals surface area contributed by atoms with Gasteiger partial charge in [0.15, 0.2) is 0 Å². The molecule has 2 N–H and O–H groups in total. The zero-order valence-corrected chi connectivity index (χ0v) is 19.2. The fraction of sp³-hybridized carbons (Fsp3) is 0.182. The monoisotopic (exact) mass is 511 g/mol. The fourth-order valence-electron chi connectivity index (χ4n) is 2.88. The number of alkyl halides is 3. The van der Waals surface area contributed by atoms with E-state index in [4.69, 9.17) is 9.47 Å². The number of pyridine rings is 1. The first-order valence-corrected chi connectivity index (χ1v) is 11.5.